The molecule has 1 fully saturated rings. The largest absolute Gasteiger partial charge is 0.484 e. The number of carbonyl (C=O) groups is 5. The molecule has 0 aliphatic carbocycles. The van der Waals surface area contributed by atoms with E-state index in [0.29, 0.717) is 52.5 Å². The first-order valence-electron chi connectivity index (χ1n) is 12.9. The number of rotatable bonds is 17. The van der Waals surface area contributed by atoms with Gasteiger partial charge in [0.1, 0.15) is 11.8 Å². The normalized spacial score (nSPS) is 14.5. The Morgan fingerprint density at radius 3 is 2.33 bits per heavy atom. The zero-order valence-electron chi connectivity index (χ0n) is 22.9. The number of aldehydes is 1. The maximum absolute atomic E-state index is 12.9. The Balaban J connectivity index is 0.00000371. The van der Waals surface area contributed by atoms with Crippen LogP contribution in [0.3, 0.4) is 0 Å². The lowest BCUT2D eigenvalue weighted by atomic mass is 10.0. The zero-order chi connectivity index (χ0) is 29.0. The SMILES string of the molecule is CC.CN(C(=O)c1ccc(OCC(=O)NCCOCCOCCOCCN)cc1C=O)C1CCC(=O)NC1=O. The summed E-state index contributed by atoms with van der Waals surface area (Å²) in [6, 6.07) is 3.37. The van der Waals surface area contributed by atoms with Crippen LogP contribution in [0.4, 0.5) is 0 Å². The number of ether oxygens (including phenoxy) is 4. The number of amides is 4. The molecule has 0 radical (unpaired) electrons. The molecule has 1 saturated heterocycles. The predicted octanol–water partition coefficient (Wildman–Crippen LogP) is -0.0940. The lowest BCUT2D eigenvalue weighted by Crippen LogP contribution is -2.53. The van der Waals surface area contributed by atoms with Gasteiger partial charge in [0.2, 0.25) is 11.8 Å². The minimum Gasteiger partial charge on any atom is -0.484 e. The lowest BCUT2D eigenvalue weighted by Gasteiger charge is -2.30. The van der Waals surface area contributed by atoms with E-state index < -0.39 is 17.9 Å². The van der Waals surface area contributed by atoms with E-state index in [4.69, 9.17) is 24.7 Å². The Kier molecular flexibility index (Phi) is 16.9. The highest BCUT2D eigenvalue weighted by Crippen LogP contribution is 2.20. The van der Waals surface area contributed by atoms with Crippen LogP contribution < -0.4 is 21.1 Å². The monoisotopic (exact) mass is 552 g/mol. The van der Waals surface area contributed by atoms with Crippen molar-refractivity contribution in [2.24, 2.45) is 5.73 Å². The van der Waals surface area contributed by atoms with Crippen LogP contribution in [0.1, 0.15) is 47.4 Å². The summed E-state index contributed by atoms with van der Waals surface area (Å²) in [4.78, 5) is 61.1. The summed E-state index contributed by atoms with van der Waals surface area (Å²) < 4.78 is 21.3. The van der Waals surface area contributed by atoms with Gasteiger partial charge in [-0.25, -0.2) is 0 Å². The fourth-order valence-corrected chi connectivity index (χ4v) is 3.39. The van der Waals surface area contributed by atoms with Crippen molar-refractivity contribution in [2.75, 3.05) is 66.4 Å². The Hall–Kier alpha value is -3.39. The topological polar surface area (TPSA) is 176 Å². The Morgan fingerprint density at radius 2 is 1.72 bits per heavy atom. The van der Waals surface area contributed by atoms with Crippen LogP contribution in [-0.4, -0.2) is 107 Å². The number of nitrogens with one attached hydrogen (secondary N) is 2. The molecule has 1 atom stereocenters. The van der Waals surface area contributed by atoms with Crippen molar-refractivity contribution in [3.63, 3.8) is 0 Å². The molecule has 0 aromatic heterocycles. The third-order valence-corrected chi connectivity index (χ3v) is 5.32. The fraction of sp³-hybridized carbons (Fsp3) is 0.577. The molecule has 0 bridgehead atoms. The van der Waals surface area contributed by atoms with Crippen molar-refractivity contribution >= 4 is 29.9 Å². The molecule has 13 heteroatoms. The zero-order valence-corrected chi connectivity index (χ0v) is 22.9. The third-order valence-electron chi connectivity index (χ3n) is 5.32. The smallest absolute Gasteiger partial charge is 0.258 e. The maximum atomic E-state index is 12.9. The highest BCUT2D eigenvalue weighted by molar-refractivity contribution is 6.06. The number of hydrogen-bond acceptors (Lipinski definition) is 10. The number of piperidine rings is 1. The fourth-order valence-electron chi connectivity index (χ4n) is 3.39. The van der Waals surface area contributed by atoms with Crippen molar-refractivity contribution in [3.05, 3.63) is 29.3 Å². The molecule has 0 spiro atoms. The van der Waals surface area contributed by atoms with E-state index in [1.165, 1.54) is 30.1 Å². The maximum Gasteiger partial charge on any atom is 0.258 e. The van der Waals surface area contributed by atoms with Crippen molar-refractivity contribution in [2.45, 2.75) is 32.7 Å². The number of likely N-dealkylation sites (N-methyl/N-ethyl adjacent to an activating group) is 1. The molecule has 1 unspecified atom stereocenters. The van der Waals surface area contributed by atoms with E-state index in [1.54, 1.807) is 0 Å². The molecule has 1 heterocycles. The Bertz CT molecular complexity index is 942. The summed E-state index contributed by atoms with van der Waals surface area (Å²) in [5, 5.41) is 4.84. The van der Waals surface area contributed by atoms with Crippen molar-refractivity contribution in [1.82, 2.24) is 15.5 Å². The molecule has 4 N–H and O–H groups in total. The molecule has 2 rings (SSSR count). The first-order valence-corrected chi connectivity index (χ1v) is 12.9. The first-order chi connectivity index (χ1) is 18.9. The summed E-state index contributed by atoms with van der Waals surface area (Å²) in [6.45, 7) is 6.96. The number of hydrogen-bond donors (Lipinski definition) is 3. The number of imide groups is 1. The van der Waals surface area contributed by atoms with Gasteiger partial charge >= 0.3 is 0 Å². The number of carbonyl (C=O) groups excluding carboxylic acids is 5. The van der Waals surface area contributed by atoms with Crippen molar-refractivity contribution in [1.29, 1.82) is 0 Å². The first kappa shape index (κ1) is 33.6. The summed E-state index contributed by atoms with van der Waals surface area (Å²) in [5.74, 6) is -1.66. The molecule has 4 amide bonds. The van der Waals surface area contributed by atoms with Crippen LogP contribution >= 0.6 is 0 Å². The second-order valence-electron chi connectivity index (χ2n) is 8.01. The van der Waals surface area contributed by atoms with E-state index in [0.717, 1.165) is 0 Å². The van der Waals surface area contributed by atoms with Gasteiger partial charge in [-0.3, -0.25) is 29.3 Å². The van der Waals surface area contributed by atoms with E-state index >= 15 is 0 Å². The van der Waals surface area contributed by atoms with Crippen LogP contribution in [0.25, 0.3) is 0 Å². The van der Waals surface area contributed by atoms with Gasteiger partial charge in [0, 0.05) is 32.1 Å². The van der Waals surface area contributed by atoms with E-state index in [1.807, 2.05) is 13.8 Å². The summed E-state index contributed by atoms with van der Waals surface area (Å²) in [5.41, 5.74) is 5.42. The van der Waals surface area contributed by atoms with E-state index in [-0.39, 0.29) is 54.7 Å². The van der Waals surface area contributed by atoms with Gasteiger partial charge in [-0.2, -0.15) is 0 Å². The van der Waals surface area contributed by atoms with E-state index in [9.17, 15) is 24.0 Å². The second-order valence-corrected chi connectivity index (χ2v) is 8.01. The molecule has 1 aliphatic heterocycles. The van der Waals surface area contributed by atoms with Gasteiger partial charge in [-0.05, 0) is 24.6 Å². The van der Waals surface area contributed by atoms with Gasteiger partial charge in [-0.1, -0.05) is 13.8 Å². The van der Waals surface area contributed by atoms with Crippen molar-refractivity contribution in [3.8, 4) is 5.75 Å². The van der Waals surface area contributed by atoms with Gasteiger partial charge < -0.3 is 34.9 Å². The minimum atomic E-state index is -0.818. The van der Waals surface area contributed by atoms with Crippen LogP contribution in [0.5, 0.6) is 5.75 Å². The molecule has 218 valence electrons. The molecular weight excluding hydrogens is 512 g/mol. The predicted molar refractivity (Wildman–Crippen MR) is 141 cm³/mol. The minimum absolute atomic E-state index is 0.0450. The summed E-state index contributed by atoms with van der Waals surface area (Å²) in [6.07, 6.45) is 0.811. The number of benzene rings is 1. The molecule has 0 saturated carbocycles. The third kappa shape index (κ3) is 12.3. The summed E-state index contributed by atoms with van der Waals surface area (Å²) >= 11 is 0. The van der Waals surface area contributed by atoms with Crippen LogP contribution in [-0.2, 0) is 28.6 Å². The van der Waals surface area contributed by atoms with Crippen LogP contribution in [0.15, 0.2) is 18.2 Å². The second kappa shape index (κ2) is 19.6. The van der Waals surface area contributed by atoms with Gasteiger partial charge in [0.15, 0.2) is 12.9 Å². The molecule has 1 aromatic rings. The van der Waals surface area contributed by atoms with Crippen LogP contribution in [0, 0.1) is 0 Å². The average molecular weight is 553 g/mol. The molecule has 1 aromatic carbocycles. The summed E-state index contributed by atoms with van der Waals surface area (Å²) in [7, 11) is 1.43. The van der Waals surface area contributed by atoms with Gasteiger partial charge in [0.05, 0.1) is 45.2 Å². The van der Waals surface area contributed by atoms with Crippen LogP contribution in [0.2, 0.25) is 0 Å². The Morgan fingerprint density at radius 1 is 1.08 bits per heavy atom. The standard InChI is InChI=1S/C24H34N4O9.C2H6/c1-28(20-4-5-21(30)27-23(20)32)24(33)19-3-2-18(14-17(19)15-29)37-16-22(31)26-7-9-35-11-13-36-12-10-34-8-6-25;1-2/h2-3,14-15,20H,4-13,16,25H2,1H3,(H,26,31)(H,27,30,32);1-2H3. The van der Waals surface area contributed by atoms with E-state index in [2.05, 4.69) is 10.6 Å². The molecular formula is C26H40N4O9. The molecule has 13 nitrogen and oxygen atoms in total. The lowest BCUT2D eigenvalue weighted by molar-refractivity contribution is -0.136. The van der Waals surface area contributed by atoms with Crippen molar-refractivity contribution < 1.29 is 42.9 Å². The Labute approximate surface area is 228 Å². The highest BCUT2D eigenvalue weighted by atomic mass is 16.5. The molecule has 39 heavy (non-hydrogen) atoms. The number of nitrogens with two attached hydrogens (primary N) is 1. The van der Waals surface area contributed by atoms with Gasteiger partial charge in [0.25, 0.3) is 11.8 Å². The molecule has 1 aliphatic rings. The average Bonchev–Trinajstić information content (AvgIpc) is 2.95. The number of nitrogens with zero attached hydrogens (tertiary/aromatic N) is 1. The van der Waals surface area contributed by atoms with Gasteiger partial charge in [-0.15, -0.1) is 0 Å². The highest BCUT2D eigenvalue weighted by Gasteiger charge is 2.33. The quantitative estimate of drug-likeness (QED) is 0.134.